The molecule has 1 unspecified atom stereocenters. The van der Waals surface area contributed by atoms with Crippen molar-refractivity contribution in [3.8, 4) is 0 Å². The van der Waals surface area contributed by atoms with Gasteiger partial charge in [-0.15, -0.1) is 10.2 Å². The van der Waals surface area contributed by atoms with E-state index in [1.54, 1.807) is 18.0 Å². The first-order chi connectivity index (χ1) is 10.1. The Labute approximate surface area is 131 Å². The van der Waals surface area contributed by atoms with Crippen LogP contribution in [0.5, 0.6) is 0 Å². The number of aryl methyl sites for hydroxylation is 2. The summed E-state index contributed by atoms with van der Waals surface area (Å²) in [7, 11) is 3.44. The molecule has 0 aliphatic carbocycles. The molecule has 21 heavy (non-hydrogen) atoms. The van der Waals surface area contributed by atoms with Crippen molar-refractivity contribution < 1.29 is 9.53 Å². The Balaban J connectivity index is 1.91. The maximum absolute atomic E-state index is 12.1. The van der Waals surface area contributed by atoms with Crippen LogP contribution >= 0.6 is 23.1 Å². The number of nitrogens with one attached hydrogen (secondary N) is 1. The average Bonchev–Trinajstić information content (AvgIpc) is 3.05. The SMILES string of the molecule is COCC(NC(=O)CSc1nnc(C)s1)c1ccnn1C. The number of amides is 1. The molecule has 1 N–H and O–H groups in total. The van der Waals surface area contributed by atoms with Crippen molar-refractivity contribution in [2.24, 2.45) is 7.05 Å². The number of rotatable bonds is 7. The number of nitrogens with zero attached hydrogens (tertiary/aromatic N) is 4. The zero-order chi connectivity index (χ0) is 15.2. The smallest absolute Gasteiger partial charge is 0.231 e. The van der Waals surface area contributed by atoms with Gasteiger partial charge in [-0.25, -0.2) is 0 Å². The third-order valence-corrected chi connectivity index (χ3v) is 4.69. The minimum atomic E-state index is -0.216. The molecule has 9 heteroatoms. The van der Waals surface area contributed by atoms with E-state index >= 15 is 0 Å². The number of carbonyl (C=O) groups is 1. The highest BCUT2D eigenvalue weighted by molar-refractivity contribution is 8.01. The van der Waals surface area contributed by atoms with Gasteiger partial charge in [0.25, 0.3) is 0 Å². The highest BCUT2D eigenvalue weighted by atomic mass is 32.2. The van der Waals surface area contributed by atoms with Gasteiger partial charge >= 0.3 is 0 Å². The van der Waals surface area contributed by atoms with E-state index in [2.05, 4.69) is 20.6 Å². The Morgan fingerprint density at radius 3 is 2.95 bits per heavy atom. The quantitative estimate of drug-likeness (QED) is 0.769. The number of aromatic nitrogens is 4. The van der Waals surface area contributed by atoms with Gasteiger partial charge in [0.15, 0.2) is 4.34 Å². The number of thioether (sulfide) groups is 1. The molecule has 1 amide bonds. The topological polar surface area (TPSA) is 81.9 Å². The first-order valence-corrected chi connectivity index (χ1v) is 8.09. The second-order valence-corrected chi connectivity index (χ2v) is 6.73. The normalized spacial score (nSPS) is 12.3. The van der Waals surface area contributed by atoms with Crippen molar-refractivity contribution in [3.63, 3.8) is 0 Å². The molecular formula is C12H17N5O2S2. The van der Waals surface area contributed by atoms with Crippen molar-refractivity contribution in [1.29, 1.82) is 0 Å². The third-order valence-electron chi connectivity index (χ3n) is 2.72. The first kappa shape index (κ1) is 15.9. The lowest BCUT2D eigenvalue weighted by molar-refractivity contribution is -0.119. The van der Waals surface area contributed by atoms with Crippen molar-refractivity contribution in [3.05, 3.63) is 23.0 Å². The lowest BCUT2D eigenvalue weighted by Gasteiger charge is -2.18. The van der Waals surface area contributed by atoms with Gasteiger partial charge in [-0.3, -0.25) is 9.48 Å². The summed E-state index contributed by atoms with van der Waals surface area (Å²) in [5.41, 5.74) is 0.905. The fourth-order valence-electron chi connectivity index (χ4n) is 1.79. The van der Waals surface area contributed by atoms with Gasteiger partial charge in [-0.05, 0) is 13.0 Å². The van der Waals surface area contributed by atoms with Gasteiger partial charge in [0.05, 0.1) is 24.1 Å². The lowest BCUT2D eigenvalue weighted by atomic mass is 10.2. The number of hydrogen-bond acceptors (Lipinski definition) is 7. The molecule has 0 spiro atoms. The summed E-state index contributed by atoms with van der Waals surface area (Å²) in [6.45, 7) is 2.28. The maximum atomic E-state index is 12.1. The molecule has 114 valence electrons. The molecule has 7 nitrogen and oxygen atoms in total. The molecule has 0 aliphatic rings. The molecule has 0 bridgehead atoms. The van der Waals surface area contributed by atoms with Gasteiger partial charge < -0.3 is 10.1 Å². The fourth-order valence-corrected chi connectivity index (χ4v) is 3.42. The second kappa shape index (κ2) is 7.53. The van der Waals surface area contributed by atoms with Crippen LogP contribution in [0.3, 0.4) is 0 Å². The molecule has 0 saturated carbocycles. The Bertz CT molecular complexity index is 598. The van der Waals surface area contributed by atoms with E-state index in [0.29, 0.717) is 12.4 Å². The molecule has 2 aromatic heterocycles. The van der Waals surface area contributed by atoms with Crippen LogP contribution in [0.1, 0.15) is 16.7 Å². The van der Waals surface area contributed by atoms with E-state index in [-0.39, 0.29) is 11.9 Å². The van der Waals surface area contributed by atoms with E-state index in [1.807, 2.05) is 20.0 Å². The molecule has 2 rings (SSSR count). The van der Waals surface area contributed by atoms with Crippen LogP contribution in [-0.2, 0) is 16.6 Å². The van der Waals surface area contributed by atoms with Crippen molar-refractivity contribution in [1.82, 2.24) is 25.3 Å². The zero-order valence-corrected chi connectivity index (χ0v) is 13.7. The van der Waals surface area contributed by atoms with E-state index in [0.717, 1.165) is 15.0 Å². The molecule has 0 aliphatic heterocycles. The number of hydrogen-bond donors (Lipinski definition) is 1. The first-order valence-electron chi connectivity index (χ1n) is 6.29. The number of ether oxygens (including phenoxy) is 1. The van der Waals surface area contributed by atoms with E-state index in [1.165, 1.54) is 23.1 Å². The van der Waals surface area contributed by atoms with E-state index in [9.17, 15) is 4.79 Å². The highest BCUT2D eigenvalue weighted by Crippen LogP contribution is 2.21. The summed E-state index contributed by atoms with van der Waals surface area (Å²) in [6.07, 6.45) is 1.70. The monoisotopic (exact) mass is 327 g/mol. The van der Waals surface area contributed by atoms with Crippen LogP contribution in [0.4, 0.5) is 0 Å². The van der Waals surface area contributed by atoms with Crippen molar-refractivity contribution in [2.75, 3.05) is 19.5 Å². The summed E-state index contributed by atoms with van der Waals surface area (Å²) in [4.78, 5) is 12.1. The predicted octanol–water partition coefficient (Wildman–Crippen LogP) is 1.18. The summed E-state index contributed by atoms with van der Waals surface area (Å²) in [6, 6.07) is 1.65. The van der Waals surface area contributed by atoms with Crippen LogP contribution < -0.4 is 5.32 Å². The van der Waals surface area contributed by atoms with E-state index in [4.69, 9.17) is 4.74 Å². The molecule has 2 heterocycles. The molecule has 0 aromatic carbocycles. The van der Waals surface area contributed by atoms with Gasteiger partial charge in [0.2, 0.25) is 5.91 Å². The van der Waals surface area contributed by atoms with Crippen LogP contribution in [0.25, 0.3) is 0 Å². The molecule has 1 atom stereocenters. The Hall–Kier alpha value is -1.45. The Morgan fingerprint density at radius 1 is 1.57 bits per heavy atom. The van der Waals surface area contributed by atoms with Crippen LogP contribution in [0.15, 0.2) is 16.6 Å². The molecule has 0 saturated heterocycles. The van der Waals surface area contributed by atoms with Gasteiger partial charge in [-0.2, -0.15) is 5.10 Å². The van der Waals surface area contributed by atoms with Crippen molar-refractivity contribution in [2.45, 2.75) is 17.3 Å². The number of carbonyl (C=O) groups excluding carboxylic acids is 1. The van der Waals surface area contributed by atoms with Crippen LogP contribution in [0.2, 0.25) is 0 Å². The minimum absolute atomic E-state index is 0.0731. The Morgan fingerprint density at radius 2 is 2.38 bits per heavy atom. The maximum Gasteiger partial charge on any atom is 0.231 e. The fraction of sp³-hybridized carbons (Fsp3) is 0.500. The molecular weight excluding hydrogens is 310 g/mol. The van der Waals surface area contributed by atoms with Crippen LogP contribution in [0, 0.1) is 6.92 Å². The molecule has 0 fully saturated rings. The zero-order valence-electron chi connectivity index (χ0n) is 12.1. The minimum Gasteiger partial charge on any atom is -0.382 e. The molecule has 2 aromatic rings. The highest BCUT2D eigenvalue weighted by Gasteiger charge is 2.18. The van der Waals surface area contributed by atoms with E-state index < -0.39 is 0 Å². The van der Waals surface area contributed by atoms with Gasteiger partial charge in [0, 0.05) is 20.4 Å². The molecule has 0 radical (unpaired) electrons. The Kier molecular flexibility index (Phi) is 5.71. The van der Waals surface area contributed by atoms with Crippen molar-refractivity contribution >= 4 is 29.0 Å². The lowest BCUT2D eigenvalue weighted by Crippen LogP contribution is -2.33. The van der Waals surface area contributed by atoms with Gasteiger partial charge in [0.1, 0.15) is 5.01 Å². The average molecular weight is 327 g/mol. The van der Waals surface area contributed by atoms with Gasteiger partial charge in [-0.1, -0.05) is 23.1 Å². The summed E-state index contributed by atoms with van der Waals surface area (Å²) >= 11 is 2.86. The predicted molar refractivity (Wildman–Crippen MR) is 81.3 cm³/mol. The standard InChI is InChI=1S/C12H17N5O2S2/c1-8-15-16-12(21-8)20-7-11(18)14-9(6-19-3)10-4-5-13-17(10)2/h4-5,9H,6-7H2,1-3H3,(H,14,18). The third kappa shape index (κ3) is 4.51. The largest absolute Gasteiger partial charge is 0.382 e. The summed E-state index contributed by atoms with van der Waals surface area (Å²) in [5.74, 6) is 0.225. The van der Waals surface area contributed by atoms with Crippen LogP contribution in [-0.4, -0.2) is 45.4 Å². The number of methoxy groups -OCH3 is 1. The summed E-state index contributed by atoms with van der Waals surface area (Å²) in [5, 5.41) is 15.9. The summed E-state index contributed by atoms with van der Waals surface area (Å²) < 4.78 is 7.69. The second-order valence-electron chi connectivity index (χ2n) is 4.33.